The number of carbonyl (C=O) groups excluding carboxylic acids is 1. The van der Waals surface area contributed by atoms with E-state index in [0.717, 1.165) is 0 Å². The van der Waals surface area contributed by atoms with Crippen molar-refractivity contribution in [2.24, 2.45) is 5.73 Å². The van der Waals surface area contributed by atoms with Crippen LogP contribution in [0.1, 0.15) is 10.5 Å². The van der Waals surface area contributed by atoms with Gasteiger partial charge >= 0.3 is 0 Å². The highest BCUT2D eigenvalue weighted by Crippen LogP contribution is 2.27. The summed E-state index contributed by atoms with van der Waals surface area (Å²) in [6.45, 7) is 0.980. The van der Waals surface area contributed by atoms with Gasteiger partial charge in [-0.05, 0) is 12.1 Å². The highest BCUT2D eigenvalue weighted by atomic mass is 35.5. The largest absolute Gasteiger partial charge is 0.335 e. The summed E-state index contributed by atoms with van der Waals surface area (Å²) >= 11 is 5.70. The molecular weight excluding hydrogens is 298 g/mol. The number of benzene rings is 1. The highest BCUT2D eigenvalue weighted by molar-refractivity contribution is 6.32. The number of amides is 1. The fourth-order valence-corrected chi connectivity index (χ4v) is 1.86. The molecule has 2 rings (SSSR count). The van der Waals surface area contributed by atoms with Crippen molar-refractivity contribution in [2.75, 3.05) is 11.9 Å². The standard InChI is InChI=1S/C12H12ClN5O3/c13-9-2-1-8(5-11(9)18(20)21)16-12(19)10-6-17(4-3-14)7-15-10/h1-2,5-7H,3-4,14H2,(H,16,19). The first kappa shape index (κ1) is 14.9. The molecule has 0 aliphatic rings. The minimum Gasteiger partial charge on any atom is -0.335 e. The zero-order valence-corrected chi connectivity index (χ0v) is 11.6. The molecule has 0 radical (unpaired) electrons. The van der Waals surface area contributed by atoms with Gasteiger partial charge in [0.1, 0.15) is 10.7 Å². The van der Waals surface area contributed by atoms with Crippen LogP contribution in [-0.4, -0.2) is 26.9 Å². The lowest BCUT2D eigenvalue weighted by Crippen LogP contribution is -2.13. The molecule has 0 aliphatic carbocycles. The molecule has 1 amide bonds. The number of hydrogen-bond donors (Lipinski definition) is 2. The van der Waals surface area contributed by atoms with Gasteiger partial charge in [-0.15, -0.1) is 0 Å². The summed E-state index contributed by atoms with van der Waals surface area (Å²) in [5, 5.41) is 13.3. The zero-order valence-electron chi connectivity index (χ0n) is 10.8. The third-order valence-corrected chi connectivity index (χ3v) is 2.97. The Morgan fingerprint density at radius 1 is 1.52 bits per heavy atom. The first-order valence-corrected chi connectivity index (χ1v) is 6.36. The molecule has 0 saturated heterocycles. The highest BCUT2D eigenvalue weighted by Gasteiger charge is 2.15. The Hall–Kier alpha value is -2.45. The van der Waals surface area contributed by atoms with Crippen LogP contribution in [0.2, 0.25) is 5.02 Å². The van der Waals surface area contributed by atoms with Crippen LogP contribution in [0.3, 0.4) is 0 Å². The number of nitro benzene ring substituents is 1. The Morgan fingerprint density at radius 2 is 2.29 bits per heavy atom. The van der Waals surface area contributed by atoms with Gasteiger partial charge < -0.3 is 15.6 Å². The van der Waals surface area contributed by atoms with Gasteiger partial charge in [0.25, 0.3) is 11.6 Å². The number of nitrogens with zero attached hydrogens (tertiary/aromatic N) is 3. The summed E-state index contributed by atoms with van der Waals surface area (Å²) in [6.07, 6.45) is 3.04. The number of rotatable bonds is 5. The van der Waals surface area contributed by atoms with Gasteiger partial charge in [0, 0.05) is 31.0 Å². The Bertz CT molecular complexity index is 685. The Morgan fingerprint density at radius 3 is 2.95 bits per heavy atom. The van der Waals surface area contributed by atoms with Gasteiger partial charge in [0.2, 0.25) is 0 Å². The van der Waals surface area contributed by atoms with Gasteiger partial charge in [-0.3, -0.25) is 14.9 Å². The number of halogens is 1. The van der Waals surface area contributed by atoms with E-state index in [1.807, 2.05) is 0 Å². The van der Waals surface area contributed by atoms with Gasteiger partial charge in [0.15, 0.2) is 0 Å². The molecule has 0 saturated carbocycles. The molecule has 8 nitrogen and oxygen atoms in total. The molecule has 1 heterocycles. The zero-order chi connectivity index (χ0) is 15.4. The molecule has 0 aliphatic heterocycles. The number of anilines is 1. The predicted octanol–water partition coefficient (Wildman–Crippen LogP) is 1.66. The van der Waals surface area contributed by atoms with E-state index < -0.39 is 10.8 Å². The summed E-state index contributed by atoms with van der Waals surface area (Å²) in [5.41, 5.74) is 5.59. The molecule has 0 unspecified atom stereocenters. The molecule has 110 valence electrons. The van der Waals surface area contributed by atoms with E-state index in [2.05, 4.69) is 10.3 Å². The smallest absolute Gasteiger partial charge is 0.289 e. The molecule has 0 atom stereocenters. The summed E-state index contributed by atoms with van der Waals surface area (Å²) in [5.74, 6) is -0.470. The normalized spacial score (nSPS) is 10.4. The Labute approximate surface area is 124 Å². The second-order valence-electron chi connectivity index (χ2n) is 4.16. The SMILES string of the molecule is NCCn1cnc(C(=O)Nc2ccc(Cl)c([N+](=O)[O-])c2)c1. The lowest BCUT2D eigenvalue weighted by Gasteiger charge is -2.04. The fraction of sp³-hybridized carbons (Fsp3) is 0.167. The van der Waals surface area contributed by atoms with Crippen LogP contribution in [-0.2, 0) is 6.54 Å². The van der Waals surface area contributed by atoms with Crippen molar-refractivity contribution in [3.8, 4) is 0 Å². The van der Waals surface area contributed by atoms with E-state index in [4.69, 9.17) is 17.3 Å². The summed E-state index contributed by atoms with van der Waals surface area (Å²) < 4.78 is 1.68. The first-order chi connectivity index (χ1) is 10.0. The molecule has 0 spiro atoms. The van der Waals surface area contributed by atoms with Crippen molar-refractivity contribution in [3.05, 3.63) is 51.6 Å². The monoisotopic (exact) mass is 309 g/mol. The van der Waals surface area contributed by atoms with Crippen LogP contribution in [0.5, 0.6) is 0 Å². The average Bonchev–Trinajstić information content (AvgIpc) is 2.90. The number of aromatic nitrogens is 2. The third kappa shape index (κ3) is 3.56. The summed E-state index contributed by atoms with van der Waals surface area (Å²) in [4.78, 5) is 26.1. The molecule has 9 heteroatoms. The van der Waals surface area contributed by atoms with Crippen molar-refractivity contribution in [3.63, 3.8) is 0 Å². The van der Waals surface area contributed by atoms with Crippen molar-refractivity contribution in [1.82, 2.24) is 9.55 Å². The van der Waals surface area contributed by atoms with Crippen LogP contribution in [0.4, 0.5) is 11.4 Å². The molecular formula is C12H12ClN5O3. The molecule has 21 heavy (non-hydrogen) atoms. The van der Waals surface area contributed by atoms with E-state index in [0.29, 0.717) is 13.1 Å². The maximum atomic E-state index is 12.0. The number of hydrogen-bond acceptors (Lipinski definition) is 5. The number of nitro groups is 1. The van der Waals surface area contributed by atoms with Crippen LogP contribution in [0, 0.1) is 10.1 Å². The topological polar surface area (TPSA) is 116 Å². The van der Waals surface area contributed by atoms with E-state index in [-0.39, 0.29) is 22.1 Å². The number of nitrogens with two attached hydrogens (primary N) is 1. The van der Waals surface area contributed by atoms with Crippen LogP contribution in [0.25, 0.3) is 0 Å². The van der Waals surface area contributed by atoms with E-state index in [1.54, 1.807) is 10.8 Å². The summed E-state index contributed by atoms with van der Waals surface area (Å²) in [7, 11) is 0. The second-order valence-corrected chi connectivity index (χ2v) is 4.57. The van der Waals surface area contributed by atoms with Crippen LogP contribution in [0.15, 0.2) is 30.7 Å². The number of carbonyl (C=O) groups is 1. The van der Waals surface area contributed by atoms with Gasteiger partial charge in [0.05, 0.1) is 11.3 Å². The maximum absolute atomic E-state index is 12.0. The van der Waals surface area contributed by atoms with Crippen LogP contribution < -0.4 is 11.1 Å². The van der Waals surface area contributed by atoms with E-state index in [1.165, 1.54) is 24.5 Å². The van der Waals surface area contributed by atoms with Gasteiger partial charge in [-0.1, -0.05) is 11.6 Å². The minimum absolute atomic E-state index is 0.00484. The van der Waals surface area contributed by atoms with E-state index in [9.17, 15) is 14.9 Å². The lowest BCUT2D eigenvalue weighted by molar-refractivity contribution is -0.384. The number of nitrogens with one attached hydrogen (secondary N) is 1. The first-order valence-electron chi connectivity index (χ1n) is 5.98. The quantitative estimate of drug-likeness (QED) is 0.643. The molecule has 0 bridgehead atoms. The molecule has 1 aromatic carbocycles. The predicted molar refractivity (Wildman–Crippen MR) is 77.3 cm³/mol. The fourth-order valence-electron chi connectivity index (χ4n) is 1.67. The van der Waals surface area contributed by atoms with E-state index >= 15 is 0 Å². The van der Waals surface area contributed by atoms with Gasteiger partial charge in [-0.25, -0.2) is 4.98 Å². The van der Waals surface area contributed by atoms with Crippen LogP contribution >= 0.6 is 11.6 Å². The Balaban J connectivity index is 2.15. The third-order valence-electron chi connectivity index (χ3n) is 2.65. The molecule has 3 N–H and O–H groups in total. The number of imidazole rings is 1. The Kier molecular flexibility index (Phi) is 4.51. The second kappa shape index (κ2) is 6.33. The summed E-state index contributed by atoms with van der Waals surface area (Å²) in [6, 6.07) is 4.02. The molecule has 2 aromatic rings. The minimum atomic E-state index is -0.617. The van der Waals surface area contributed by atoms with Gasteiger partial charge in [-0.2, -0.15) is 0 Å². The van der Waals surface area contributed by atoms with Crippen molar-refractivity contribution in [1.29, 1.82) is 0 Å². The average molecular weight is 310 g/mol. The maximum Gasteiger partial charge on any atom is 0.289 e. The van der Waals surface area contributed by atoms with Crippen molar-refractivity contribution < 1.29 is 9.72 Å². The molecule has 1 aromatic heterocycles. The lowest BCUT2D eigenvalue weighted by atomic mass is 10.2. The van der Waals surface area contributed by atoms with Crippen molar-refractivity contribution in [2.45, 2.75) is 6.54 Å². The van der Waals surface area contributed by atoms with Crippen molar-refractivity contribution >= 4 is 28.9 Å². The molecule has 0 fully saturated rings.